The standard InChI is InChI=1S/C33H41N3O7S/c34-28-15-12-26(13-16-28)31(38)22-36(33(40)41)18-3-5-23-8-10-24(11-9-23)27-14-17-29(30(21-27)25-6-1-2-7-25)32(39)35-44(42,43)20-4-19-37/h8-17,21,25,31,37-38H,1-7,18-20,22,34H2,(H,35,39)(H,40,41)/t31-/m0/s1. The summed E-state index contributed by atoms with van der Waals surface area (Å²) in [5.74, 6) is -0.799. The number of rotatable bonds is 14. The number of aliphatic hydroxyl groups excluding tert-OH is 2. The van der Waals surface area contributed by atoms with E-state index in [9.17, 15) is 28.2 Å². The zero-order chi connectivity index (χ0) is 31.7. The maximum absolute atomic E-state index is 13.0. The molecule has 0 spiro atoms. The number of anilines is 1. The number of aryl methyl sites for hydroxylation is 1. The number of benzene rings is 3. The molecule has 0 unspecified atom stereocenters. The van der Waals surface area contributed by atoms with Crippen LogP contribution in [0.1, 0.15) is 77.6 Å². The fraction of sp³-hybridized carbons (Fsp3) is 0.394. The minimum Gasteiger partial charge on any atom is -0.465 e. The van der Waals surface area contributed by atoms with Crippen LogP contribution in [0.5, 0.6) is 0 Å². The molecule has 4 rings (SSSR count). The Labute approximate surface area is 258 Å². The molecule has 0 heterocycles. The lowest BCUT2D eigenvalue weighted by Crippen LogP contribution is -2.34. The lowest BCUT2D eigenvalue weighted by Gasteiger charge is -2.22. The first kappa shape index (κ1) is 33.0. The van der Waals surface area contributed by atoms with Crippen molar-refractivity contribution in [2.75, 3.05) is 31.2 Å². The van der Waals surface area contributed by atoms with Crippen LogP contribution in [-0.2, 0) is 16.4 Å². The van der Waals surface area contributed by atoms with Crippen molar-refractivity contribution in [2.45, 2.75) is 57.0 Å². The fourth-order valence-electron chi connectivity index (χ4n) is 5.66. The summed E-state index contributed by atoms with van der Waals surface area (Å²) in [5.41, 5.74) is 11.0. The number of hydrogen-bond donors (Lipinski definition) is 5. The van der Waals surface area contributed by atoms with E-state index in [-0.39, 0.29) is 37.8 Å². The molecule has 3 aromatic rings. The number of nitrogen functional groups attached to an aromatic ring is 1. The van der Waals surface area contributed by atoms with Crippen LogP contribution in [0, 0.1) is 0 Å². The number of carbonyl (C=O) groups excluding carboxylic acids is 1. The van der Waals surface area contributed by atoms with E-state index in [0.29, 0.717) is 29.7 Å². The van der Waals surface area contributed by atoms with Gasteiger partial charge in [0.05, 0.1) is 18.4 Å². The number of carboxylic acid groups (broad SMARTS) is 1. The van der Waals surface area contributed by atoms with Gasteiger partial charge in [0.25, 0.3) is 5.91 Å². The average molecular weight is 624 g/mol. The van der Waals surface area contributed by atoms with E-state index >= 15 is 0 Å². The first-order chi connectivity index (χ1) is 21.1. The van der Waals surface area contributed by atoms with Crippen molar-refractivity contribution in [1.29, 1.82) is 0 Å². The molecule has 0 aromatic heterocycles. The molecular formula is C33H41N3O7S. The molecule has 0 saturated heterocycles. The number of sulfonamides is 1. The highest BCUT2D eigenvalue weighted by Gasteiger charge is 2.25. The molecule has 1 saturated carbocycles. The second-order valence-electron chi connectivity index (χ2n) is 11.3. The Hall–Kier alpha value is -3.93. The Morgan fingerprint density at radius 2 is 1.61 bits per heavy atom. The zero-order valence-corrected chi connectivity index (χ0v) is 25.5. The average Bonchev–Trinajstić information content (AvgIpc) is 3.55. The van der Waals surface area contributed by atoms with Gasteiger partial charge in [0.1, 0.15) is 0 Å². The van der Waals surface area contributed by atoms with Gasteiger partial charge < -0.3 is 26.0 Å². The van der Waals surface area contributed by atoms with Crippen LogP contribution in [0.2, 0.25) is 0 Å². The van der Waals surface area contributed by atoms with Crippen molar-refractivity contribution >= 4 is 27.7 Å². The summed E-state index contributed by atoms with van der Waals surface area (Å²) in [7, 11) is -3.85. The van der Waals surface area contributed by atoms with Gasteiger partial charge >= 0.3 is 6.09 Å². The Kier molecular flexibility index (Phi) is 11.4. The molecule has 1 aliphatic carbocycles. The molecule has 6 N–H and O–H groups in total. The molecule has 1 aliphatic rings. The van der Waals surface area contributed by atoms with Gasteiger partial charge in [-0.05, 0) is 84.0 Å². The number of nitrogens with one attached hydrogen (secondary N) is 1. The molecule has 1 atom stereocenters. The third kappa shape index (κ3) is 9.04. The van der Waals surface area contributed by atoms with Gasteiger partial charge in [0.15, 0.2) is 0 Å². The first-order valence-electron chi connectivity index (χ1n) is 15.0. The van der Waals surface area contributed by atoms with E-state index in [1.54, 1.807) is 30.3 Å². The minimum atomic E-state index is -3.85. The molecule has 2 amide bonds. The Morgan fingerprint density at radius 1 is 0.955 bits per heavy atom. The molecular weight excluding hydrogens is 582 g/mol. The molecule has 11 heteroatoms. The number of carbonyl (C=O) groups is 2. The van der Waals surface area contributed by atoms with E-state index in [0.717, 1.165) is 47.9 Å². The Bertz CT molecular complexity index is 1520. The number of amides is 2. The molecule has 0 radical (unpaired) electrons. The summed E-state index contributed by atoms with van der Waals surface area (Å²) in [6.45, 7) is -0.0383. The number of nitrogens with zero attached hydrogens (tertiary/aromatic N) is 1. The third-order valence-electron chi connectivity index (χ3n) is 8.08. The van der Waals surface area contributed by atoms with E-state index in [1.165, 1.54) is 4.90 Å². The number of nitrogens with two attached hydrogens (primary N) is 1. The van der Waals surface area contributed by atoms with Gasteiger partial charge in [-0.25, -0.2) is 17.9 Å². The van der Waals surface area contributed by atoms with E-state index in [2.05, 4.69) is 4.72 Å². The summed E-state index contributed by atoms with van der Waals surface area (Å²) in [6, 6.07) is 20.2. The van der Waals surface area contributed by atoms with Crippen LogP contribution in [0.4, 0.5) is 10.5 Å². The first-order valence-corrected chi connectivity index (χ1v) is 16.6. The van der Waals surface area contributed by atoms with Gasteiger partial charge in [-0.1, -0.05) is 61.4 Å². The third-order valence-corrected chi connectivity index (χ3v) is 9.40. The normalized spacial score (nSPS) is 14.3. The van der Waals surface area contributed by atoms with Crippen molar-refractivity contribution in [1.82, 2.24) is 9.62 Å². The smallest absolute Gasteiger partial charge is 0.407 e. The Balaban J connectivity index is 1.41. The van der Waals surface area contributed by atoms with Crippen LogP contribution in [0.25, 0.3) is 11.1 Å². The molecule has 0 bridgehead atoms. The van der Waals surface area contributed by atoms with Gasteiger partial charge in [-0.2, -0.15) is 0 Å². The van der Waals surface area contributed by atoms with E-state index in [1.807, 2.05) is 36.4 Å². The highest BCUT2D eigenvalue weighted by molar-refractivity contribution is 7.90. The van der Waals surface area contributed by atoms with Crippen LogP contribution in [0.15, 0.2) is 66.7 Å². The molecule has 10 nitrogen and oxygen atoms in total. The van der Waals surface area contributed by atoms with Gasteiger partial charge in [0.2, 0.25) is 10.0 Å². The van der Waals surface area contributed by atoms with Crippen LogP contribution in [0.3, 0.4) is 0 Å². The SMILES string of the molecule is Nc1ccc([C@@H](O)CN(CCCc2ccc(-c3ccc(C(=O)NS(=O)(=O)CCCO)c(C4CCCC4)c3)cc2)C(=O)O)cc1. The topological polar surface area (TPSA) is 170 Å². The summed E-state index contributed by atoms with van der Waals surface area (Å²) >= 11 is 0. The van der Waals surface area contributed by atoms with E-state index < -0.39 is 28.1 Å². The van der Waals surface area contributed by atoms with Crippen LogP contribution >= 0.6 is 0 Å². The highest BCUT2D eigenvalue weighted by Crippen LogP contribution is 2.38. The maximum Gasteiger partial charge on any atom is 0.407 e. The van der Waals surface area contributed by atoms with Crippen molar-refractivity contribution in [3.8, 4) is 11.1 Å². The van der Waals surface area contributed by atoms with Crippen molar-refractivity contribution in [2.24, 2.45) is 0 Å². The highest BCUT2D eigenvalue weighted by atomic mass is 32.2. The van der Waals surface area contributed by atoms with Crippen LogP contribution < -0.4 is 10.5 Å². The predicted molar refractivity (Wildman–Crippen MR) is 170 cm³/mol. The lowest BCUT2D eigenvalue weighted by atomic mass is 9.89. The van der Waals surface area contributed by atoms with Crippen molar-refractivity contribution < 1.29 is 33.3 Å². The second-order valence-corrected chi connectivity index (χ2v) is 13.2. The summed E-state index contributed by atoms with van der Waals surface area (Å²) in [4.78, 5) is 26.0. The number of aliphatic hydroxyl groups is 2. The van der Waals surface area contributed by atoms with Crippen LogP contribution in [-0.4, -0.2) is 66.1 Å². The molecule has 236 valence electrons. The largest absolute Gasteiger partial charge is 0.465 e. The second kappa shape index (κ2) is 15.2. The van der Waals surface area contributed by atoms with Gasteiger partial charge in [-0.15, -0.1) is 0 Å². The predicted octanol–water partition coefficient (Wildman–Crippen LogP) is 4.68. The lowest BCUT2D eigenvalue weighted by molar-refractivity contribution is 0.0962. The summed E-state index contributed by atoms with van der Waals surface area (Å²) in [6.07, 6.45) is 3.22. The van der Waals surface area contributed by atoms with Gasteiger partial charge in [-0.3, -0.25) is 4.79 Å². The Morgan fingerprint density at radius 3 is 2.25 bits per heavy atom. The molecule has 44 heavy (non-hydrogen) atoms. The maximum atomic E-state index is 13.0. The van der Waals surface area contributed by atoms with Gasteiger partial charge in [0, 0.05) is 24.4 Å². The minimum absolute atomic E-state index is 0.0376. The molecule has 1 fully saturated rings. The molecule has 3 aromatic carbocycles. The quantitative estimate of drug-likeness (QED) is 0.161. The fourth-order valence-corrected chi connectivity index (χ4v) is 6.66. The summed E-state index contributed by atoms with van der Waals surface area (Å²) in [5, 5.41) is 29.1. The molecule has 0 aliphatic heterocycles. The van der Waals surface area contributed by atoms with Crippen molar-refractivity contribution in [3.63, 3.8) is 0 Å². The van der Waals surface area contributed by atoms with Crippen molar-refractivity contribution in [3.05, 3.63) is 89.0 Å². The van der Waals surface area contributed by atoms with E-state index in [4.69, 9.17) is 10.8 Å². The number of hydrogen-bond acceptors (Lipinski definition) is 7. The summed E-state index contributed by atoms with van der Waals surface area (Å²) < 4.78 is 26.8. The monoisotopic (exact) mass is 623 g/mol. The zero-order valence-electron chi connectivity index (χ0n) is 24.7.